The van der Waals surface area contributed by atoms with Gasteiger partial charge in [0.1, 0.15) is 17.5 Å². The van der Waals surface area contributed by atoms with E-state index in [1.54, 1.807) is 43.1 Å². The van der Waals surface area contributed by atoms with Gasteiger partial charge in [0.2, 0.25) is 5.89 Å². The van der Waals surface area contributed by atoms with Gasteiger partial charge in [-0.25, -0.2) is 4.98 Å². The van der Waals surface area contributed by atoms with Crippen LogP contribution in [0.15, 0.2) is 40.9 Å². The molecule has 0 amide bonds. The van der Waals surface area contributed by atoms with Crippen molar-refractivity contribution in [1.82, 2.24) is 19.6 Å². The number of nitrogens with zero attached hydrogens (tertiary/aromatic N) is 5. The molecule has 0 N–H and O–H groups in total. The quantitative estimate of drug-likeness (QED) is 0.550. The third-order valence-electron chi connectivity index (χ3n) is 4.16. The smallest absolute Gasteiger partial charge is 0.325 e. The van der Waals surface area contributed by atoms with Crippen molar-refractivity contribution in [2.45, 2.75) is 6.92 Å². The molecule has 3 aromatic heterocycles. The largest absolute Gasteiger partial charge is 0.493 e. The highest BCUT2D eigenvalue weighted by molar-refractivity contribution is 5.66. The summed E-state index contributed by atoms with van der Waals surface area (Å²) in [6.45, 7) is 1.87. The van der Waals surface area contributed by atoms with Crippen LogP contribution in [-0.4, -0.2) is 33.8 Å². The highest BCUT2D eigenvalue weighted by Crippen LogP contribution is 2.33. The molecule has 0 bridgehead atoms. The molecule has 3 heterocycles. The molecule has 0 aliphatic carbocycles. The van der Waals surface area contributed by atoms with Crippen LogP contribution in [0, 0.1) is 18.3 Å². The summed E-state index contributed by atoms with van der Waals surface area (Å²) in [5.74, 6) is 1.98. The molecule has 8 heteroatoms. The molecule has 0 unspecified atom stereocenters. The van der Waals surface area contributed by atoms with E-state index < -0.39 is 0 Å². The predicted octanol–water partition coefficient (Wildman–Crippen LogP) is 3.25. The molecule has 4 rings (SSSR count). The number of aryl methyl sites for hydroxylation is 1. The standard InChI is InChI=1S/C19H15N5O3/c1-11-17(13-4-6-14(9-20)21-10-13)24-19(22-11)27-18(23-24)12-5-7-15(25-2)16(8-12)26-3/h4-8,10H,1-3H3. The van der Waals surface area contributed by atoms with E-state index in [4.69, 9.17) is 19.2 Å². The molecule has 0 aliphatic rings. The molecule has 0 saturated carbocycles. The van der Waals surface area contributed by atoms with E-state index >= 15 is 0 Å². The maximum Gasteiger partial charge on any atom is 0.325 e. The number of aromatic nitrogens is 4. The zero-order valence-electron chi connectivity index (χ0n) is 14.9. The van der Waals surface area contributed by atoms with Crippen LogP contribution in [-0.2, 0) is 0 Å². The Balaban J connectivity index is 1.82. The molecule has 134 valence electrons. The number of rotatable bonds is 4. The molecule has 0 fully saturated rings. The third kappa shape index (κ3) is 2.75. The van der Waals surface area contributed by atoms with Gasteiger partial charge in [0.15, 0.2) is 11.5 Å². The maximum atomic E-state index is 8.92. The third-order valence-corrected chi connectivity index (χ3v) is 4.16. The number of hydrogen-bond acceptors (Lipinski definition) is 7. The van der Waals surface area contributed by atoms with E-state index in [-0.39, 0.29) is 0 Å². The number of benzene rings is 1. The van der Waals surface area contributed by atoms with E-state index in [9.17, 15) is 0 Å². The van der Waals surface area contributed by atoms with Gasteiger partial charge in [-0.2, -0.15) is 14.8 Å². The normalized spacial score (nSPS) is 10.7. The first kappa shape index (κ1) is 16.6. The Morgan fingerprint density at radius 3 is 2.52 bits per heavy atom. The Morgan fingerprint density at radius 2 is 1.85 bits per heavy atom. The van der Waals surface area contributed by atoms with Crippen molar-refractivity contribution < 1.29 is 13.9 Å². The van der Waals surface area contributed by atoms with Crippen molar-refractivity contribution >= 4 is 5.84 Å². The Morgan fingerprint density at radius 1 is 1.07 bits per heavy atom. The van der Waals surface area contributed by atoms with Crippen LogP contribution < -0.4 is 9.47 Å². The van der Waals surface area contributed by atoms with E-state index in [0.29, 0.717) is 28.9 Å². The fourth-order valence-electron chi connectivity index (χ4n) is 2.87. The monoisotopic (exact) mass is 361 g/mol. The summed E-state index contributed by atoms with van der Waals surface area (Å²) in [7, 11) is 3.15. The molecule has 0 aliphatic heterocycles. The van der Waals surface area contributed by atoms with E-state index in [0.717, 1.165) is 22.5 Å². The molecule has 1 aromatic carbocycles. The Kier molecular flexibility index (Phi) is 3.97. The minimum absolute atomic E-state index is 0.350. The van der Waals surface area contributed by atoms with Crippen molar-refractivity contribution in [3.05, 3.63) is 47.9 Å². The van der Waals surface area contributed by atoms with E-state index in [1.807, 2.05) is 25.1 Å². The highest BCUT2D eigenvalue weighted by atomic mass is 16.5. The molecule has 27 heavy (non-hydrogen) atoms. The zero-order valence-corrected chi connectivity index (χ0v) is 14.9. The molecular formula is C19H15N5O3. The first-order valence-corrected chi connectivity index (χ1v) is 8.09. The van der Waals surface area contributed by atoms with Gasteiger partial charge in [-0.05, 0) is 37.3 Å². The average Bonchev–Trinajstić information content (AvgIpc) is 3.24. The molecular weight excluding hydrogens is 346 g/mol. The summed E-state index contributed by atoms with van der Waals surface area (Å²) in [5, 5.41) is 13.5. The van der Waals surface area contributed by atoms with Crippen LogP contribution in [0.3, 0.4) is 0 Å². The predicted molar refractivity (Wildman–Crippen MR) is 96.5 cm³/mol. The number of hydrogen-bond donors (Lipinski definition) is 0. The van der Waals surface area contributed by atoms with Gasteiger partial charge in [-0.1, -0.05) is 0 Å². The lowest BCUT2D eigenvalue weighted by atomic mass is 10.1. The van der Waals surface area contributed by atoms with Gasteiger partial charge in [-0.3, -0.25) is 0 Å². The van der Waals surface area contributed by atoms with Gasteiger partial charge in [0.25, 0.3) is 0 Å². The van der Waals surface area contributed by atoms with Crippen molar-refractivity contribution in [1.29, 1.82) is 5.26 Å². The number of methoxy groups -OCH3 is 2. The Hall–Kier alpha value is -3.86. The van der Waals surface area contributed by atoms with Crippen LogP contribution in [0.25, 0.3) is 28.6 Å². The lowest BCUT2D eigenvalue weighted by Crippen LogP contribution is -1.93. The van der Waals surface area contributed by atoms with Gasteiger partial charge in [0.05, 0.1) is 19.9 Å². The fraction of sp³-hybridized carbons (Fsp3) is 0.158. The van der Waals surface area contributed by atoms with Gasteiger partial charge < -0.3 is 13.9 Å². The number of fused-ring (bicyclic) bond motifs is 1. The topological polar surface area (TPSA) is 98.5 Å². The minimum atomic E-state index is 0.350. The van der Waals surface area contributed by atoms with E-state index in [1.165, 1.54) is 0 Å². The zero-order chi connectivity index (χ0) is 19.0. The molecule has 0 radical (unpaired) electrons. The molecule has 0 atom stereocenters. The molecule has 4 aromatic rings. The first-order valence-electron chi connectivity index (χ1n) is 8.09. The lowest BCUT2D eigenvalue weighted by Gasteiger charge is -2.07. The summed E-state index contributed by atoms with van der Waals surface area (Å²) in [5.41, 5.74) is 3.40. The minimum Gasteiger partial charge on any atom is -0.493 e. The van der Waals surface area contributed by atoms with Crippen LogP contribution >= 0.6 is 0 Å². The first-order chi connectivity index (χ1) is 13.1. The number of ether oxygens (including phenoxy) is 2. The van der Waals surface area contributed by atoms with Crippen molar-refractivity contribution in [2.24, 2.45) is 0 Å². The average molecular weight is 361 g/mol. The SMILES string of the molecule is COc1ccc(-c2nn3c(-c4ccc(C#N)nc4)c(C)nc3o2)cc1OC. The van der Waals surface area contributed by atoms with Crippen molar-refractivity contribution in [2.75, 3.05) is 14.2 Å². The summed E-state index contributed by atoms with van der Waals surface area (Å²) in [6, 6.07) is 10.9. The lowest BCUT2D eigenvalue weighted by molar-refractivity contribution is 0.355. The molecule has 0 spiro atoms. The number of pyridine rings is 1. The van der Waals surface area contributed by atoms with Gasteiger partial charge >= 0.3 is 5.84 Å². The van der Waals surface area contributed by atoms with E-state index in [2.05, 4.69) is 15.1 Å². The van der Waals surface area contributed by atoms with Crippen LogP contribution in [0.5, 0.6) is 11.5 Å². The molecule has 0 saturated heterocycles. The summed E-state index contributed by atoms with van der Waals surface area (Å²) < 4.78 is 18.1. The van der Waals surface area contributed by atoms with Crippen LogP contribution in [0.4, 0.5) is 0 Å². The summed E-state index contributed by atoms with van der Waals surface area (Å²) >= 11 is 0. The van der Waals surface area contributed by atoms with Crippen molar-refractivity contribution in [3.63, 3.8) is 0 Å². The maximum absolute atomic E-state index is 8.92. The second-order valence-electron chi connectivity index (χ2n) is 5.76. The Bertz CT molecular complexity index is 1170. The number of nitriles is 1. The second-order valence-corrected chi connectivity index (χ2v) is 5.76. The van der Waals surface area contributed by atoms with Gasteiger partial charge in [0, 0.05) is 17.3 Å². The highest BCUT2D eigenvalue weighted by Gasteiger charge is 2.19. The Labute approximate surface area is 154 Å². The van der Waals surface area contributed by atoms with Crippen LogP contribution in [0.2, 0.25) is 0 Å². The second kappa shape index (κ2) is 6.46. The summed E-state index contributed by atoms with van der Waals surface area (Å²) in [4.78, 5) is 8.56. The van der Waals surface area contributed by atoms with Crippen LogP contribution in [0.1, 0.15) is 11.4 Å². The number of imidazole rings is 1. The van der Waals surface area contributed by atoms with Crippen molar-refractivity contribution in [3.8, 4) is 40.3 Å². The van der Waals surface area contributed by atoms with Gasteiger partial charge in [-0.15, -0.1) is 5.10 Å². The fourth-order valence-corrected chi connectivity index (χ4v) is 2.87. The summed E-state index contributed by atoms with van der Waals surface area (Å²) in [6.07, 6.45) is 1.62. The molecule has 8 nitrogen and oxygen atoms in total.